The molecule has 8 nitrogen and oxygen atoms in total. The predicted molar refractivity (Wildman–Crippen MR) is 95.6 cm³/mol. The summed E-state index contributed by atoms with van der Waals surface area (Å²) in [6, 6.07) is 7.36. The fraction of sp³-hybridized carbons (Fsp3) is 0.444. The average molecular weight is 360 g/mol. The van der Waals surface area contributed by atoms with Gasteiger partial charge < -0.3 is 15.2 Å². The number of aliphatic carboxylic acids is 1. The van der Waals surface area contributed by atoms with Gasteiger partial charge in [-0.2, -0.15) is 0 Å². The Kier molecular flexibility index (Phi) is 6.32. The van der Waals surface area contributed by atoms with Gasteiger partial charge in [0.25, 0.3) is 5.91 Å². The molecule has 0 fully saturated rings. The Balaban J connectivity index is 2.07. The van der Waals surface area contributed by atoms with Crippen LogP contribution < -0.4 is 10.1 Å². The minimum atomic E-state index is -0.890. The van der Waals surface area contributed by atoms with E-state index in [4.69, 9.17) is 9.84 Å². The van der Waals surface area contributed by atoms with Crippen LogP contribution >= 0.6 is 0 Å². The number of ether oxygens (including phenoxy) is 1. The maximum Gasteiger partial charge on any atom is 0.303 e. The first kappa shape index (κ1) is 19.4. The maximum atomic E-state index is 12.3. The van der Waals surface area contributed by atoms with Crippen molar-refractivity contribution in [3.05, 3.63) is 35.7 Å². The molecule has 26 heavy (non-hydrogen) atoms. The summed E-state index contributed by atoms with van der Waals surface area (Å²) in [5.74, 6) is -0.670. The lowest BCUT2D eigenvalue weighted by atomic mass is 10.1. The molecule has 1 amide bonds. The molecule has 1 unspecified atom stereocenters. The second-order valence-corrected chi connectivity index (χ2v) is 6.51. The quantitative estimate of drug-likeness (QED) is 0.747. The molecule has 0 bridgehead atoms. The lowest BCUT2D eigenvalue weighted by Gasteiger charge is -2.11. The number of carbonyl (C=O) groups is 2. The molecule has 0 saturated heterocycles. The van der Waals surface area contributed by atoms with Crippen molar-refractivity contribution >= 4 is 11.9 Å². The van der Waals surface area contributed by atoms with Gasteiger partial charge in [-0.25, -0.2) is 4.68 Å². The lowest BCUT2D eigenvalue weighted by Crippen LogP contribution is -2.30. The first-order chi connectivity index (χ1) is 12.3. The zero-order valence-corrected chi connectivity index (χ0v) is 15.4. The van der Waals surface area contributed by atoms with Crippen molar-refractivity contribution < 1.29 is 19.4 Å². The summed E-state index contributed by atoms with van der Waals surface area (Å²) in [5.41, 5.74) is 1.59. The van der Waals surface area contributed by atoms with Gasteiger partial charge >= 0.3 is 5.97 Å². The normalized spacial score (nSPS) is 12.0. The number of carboxylic acid groups (broad SMARTS) is 1. The highest BCUT2D eigenvalue weighted by Gasteiger charge is 2.18. The van der Waals surface area contributed by atoms with E-state index in [0.29, 0.717) is 5.69 Å². The monoisotopic (exact) mass is 360 g/mol. The molecule has 0 saturated carbocycles. The van der Waals surface area contributed by atoms with Crippen LogP contribution in [0, 0.1) is 12.8 Å². The van der Waals surface area contributed by atoms with Crippen LogP contribution in [0.3, 0.4) is 0 Å². The molecule has 1 heterocycles. The molecule has 0 spiro atoms. The van der Waals surface area contributed by atoms with Crippen LogP contribution in [-0.2, 0) is 4.79 Å². The minimum absolute atomic E-state index is 0.00322. The van der Waals surface area contributed by atoms with Gasteiger partial charge in [-0.1, -0.05) is 12.1 Å². The fourth-order valence-corrected chi connectivity index (χ4v) is 2.44. The van der Waals surface area contributed by atoms with Crippen LogP contribution in [0.2, 0.25) is 0 Å². The molecule has 0 radical (unpaired) electrons. The van der Waals surface area contributed by atoms with E-state index >= 15 is 0 Å². The Morgan fingerprint density at radius 2 is 1.88 bits per heavy atom. The standard InChI is InChI=1S/C18H24N4O4/c1-11(2)26-15-7-5-14(6-8-15)22-13(4)17(20-21-22)18(25)19-10-12(3)9-16(23)24/h5-8,11-12H,9-10H2,1-4H3,(H,19,25)(H,23,24). The van der Waals surface area contributed by atoms with Crippen molar-refractivity contribution in [1.29, 1.82) is 0 Å². The summed E-state index contributed by atoms with van der Waals surface area (Å²) < 4.78 is 7.19. The van der Waals surface area contributed by atoms with Crippen molar-refractivity contribution in [2.24, 2.45) is 5.92 Å². The Bertz CT molecular complexity index is 768. The Hall–Kier alpha value is -2.90. The van der Waals surface area contributed by atoms with Crippen molar-refractivity contribution in [3.63, 3.8) is 0 Å². The number of amides is 1. The second kappa shape index (κ2) is 8.46. The van der Waals surface area contributed by atoms with Gasteiger partial charge in [-0.15, -0.1) is 5.10 Å². The van der Waals surface area contributed by atoms with Crippen molar-refractivity contribution in [2.75, 3.05) is 6.54 Å². The first-order valence-electron chi connectivity index (χ1n) is 8.47. The highest BCUT2D eigenvalue weighted by molar-refractivity contribution is 5.93. The molecule has 0 aliphatic rings. The summed E-state index contributed by atoms with van der Waals surface area (Å²) in [6.45, 7) is 7.70. The Labute approximate surface area is 152 Å². The molecule has 140 valence electrons. The van der Waals surface area contributed by atoms with Crippen LogP contribution in [-0.4, -0.2) is 44.6 Å². The summed E-state index contributed by atoms with van der Waals surface area (Å²) in [4.78, 5) is 23.0. The third-order valence-electron chi connectivity index (χ3n) is 3.70. The number of benzene rings is 1. The van der Waals surface area contributed by atoms with Gasteiger partial charge in [-0.05, 0) is 51.0 Å². The molecule has 0 aliphatic carbocycles. The molecule has 1 aromatic carbocycles. The third-order valence-corrected chi connectivity index (χ3v) is 3.70. The summed E-state index contributed by atoms with van der Waals surface area (Å²) >= 11 is 0. The molecule has 8 heteroatoms. The van der Waals surface area contributed by atoms with Crippen LogP contribution in [0.4, 0.5) is 0 Å². The average Bonchev–Trinajstić information content (AvgIpc) is 2.94. The highest BCUT2D eigenvalue weighted by Crippen LogP contribution is 2.18. The van der Waals surface area contributed by atoms with Crippen molar-refractivity contribution in [1.82, 2.24) is 20.3 Å². The molecule has 2 aromatic rings. The van der Waals surface area contributed by atoms with Gasteiger partial charge in [0.05, 0.1) is 17.5 Å². The van der Waals surface area contributed by atoms with Gasteiger partial charge in [0, 0.05) is 13.0 Å². The summed E-state index contributed by atoms with van der Waals surface area (Å²) in [7, 11) is 0. The smallest absolute Gasteiger partial charge is 0.303 e. The fourth-order valence-electron chi connectivity index (χ4n) is 2.44. The molecular formula is C18H24N4O4. The minimum Gasteiger partial charge on any atom is -0.491 e. The zero-order chi connectivity index (χ0) is 19.3. The highest BCUT2D eigenvalue weighted by atomic mass is 16.5. The Morgan fingerprint density at radius 3 is 2.46 bits per heavy atom. The molecule has 2 N–H and O–H groups in total. The molecule has 1 aromatic heterocycles. The van der Waals surface area contributed by atoms with Gasteiger partial charge in [0.1, 0.15) is 5.75 Å². The van der Waals surface area contributed by atoms with Crippen LogP contribution in [0.25, 0.3) is 5.69 Å². The van der Waals surface area contributed by atoms with Crippen LogP contribution in [0.5, 0.6) is 5.75 Å². The molecule has 0 aliphatic heterocycles. The lowest BCUT2D eigenvalue weighted by molar-refractivity contribution is -0.137. The van der Waals surface area contributed by atoms with E-state index < -0.39 is 5.97 Å². The summed E-state index contributed by atoms with van der Waals surface area (Å²) in [6.07, 6.45) is 0.0873. The number of carboxylic acids is 1. The van der Waals surface area contributed by atoms with Gasteiger partial charge in [-0.3, -0.25) is 9.59 Å². The van der Waals surface area contributed by atoms with E-state index in [2.05, 4.69) is 15.6 Å². The zero-order valence-electron chi connectivity index (χ0n) is 15.4. The summed E-state index contributed by atoms with van der Waals surface area (Å²) in [5, 5.41) is 19.5. The van der Waals surface area contributed by atoms with E-state index in [1.54, 1.807) is 18.5 Å². The number of rotatable bonds is 8. The van der Waals surface area contributed by atoms with Crippen LogP contribution in [0.1, 0.15) is 43.4 Å². The van der Waals surface area contributed by atoms with Crippen molar-refractivity contribution in [2.45, 2.75) is 40.2 Å². The second-order valence-electron chi connectivity index (χ2n) is 6.51. The number of carbonyl (C=O) groups excluding carboxylic acids is 1. The van der Waals surface area contributed by atoms with E-state index in [1.807, 2.05) is 38.1 Å². The molecule has 2 rings (SSSR count). The Morgan fingerprint density at radius 1 is 1.23 bits per heavy atom. The maximum absolute atomic E-state index is 12.3. The van der Waals surface area contributed by atoms with Gasteiger partial charge in [0.2, 0.25) is 0 Å². The topological polar surface area (TPSA) is 106 Å². The predicted octanol–water partition coefficient (Wildman–Crippen LogP) is 2.20. The number of hydrogen-bond acceptors (Lipinski definition) is 5. The molecule has 1 atom stereocenters. The van der Waals surface area contributed by atoms with E-state index in [0.717, 1.165) is 11.4 Å². The number of aromatic nitrogens is 3. The van der Waals surface area contributed by atoms with E-state index in [-0.39, 0.29) is 36.6 Å². The van der Waals surface area contributed by atoms with E-state index in [1.165, 1.54) is 0 Å². The molecular weight excluding hydrogens is 336 g/mol. The van der Waals surface area contributed by atoms with Crippen LogP contribution in [0.15, 0.2) is 24.3 Å². The first-order valence-corrected chi connectivity index (χ1v) is 8.47. The van der Waals surface area contributed by atoms with Crippen molar-refractivity contribution in [3.8, 4) is 11.4 Å². The largest absolute Gasteiger partial charge is 0.491 e. The van der Waals surface area contributed by atoms with E-state index in [9.17, 15) is 9.59 Å². The number of nitrogens with one attached hydrogen (secondary N) is 1. The number of nitrogens with zero attached hydrogens (tertiary/aromatic N) is 3. The third kappa shape index (κ3) is 5.05. The van der Waals surface area contributed by atoms with Gasteiger partial charge in [0.15, 0.2) is 5.69 Å². The SMILES string of the molecule is Cc1c(C(=O)NCC(C)CC(=O)O)nnn1-c1ccc(OC(C)C)cc1. The number of hydrogen-bond donors (Lipinski definition) is 2.